The SMILES string of the molecule is C#Cc1ccc(F)cc1O. The van der Waals surface area contributed by atoms with Crippen LogP contribution in [0.2, 0.25) is 0 Å². The van der Waals surface area contributed by atoms with E-state index in [4.69, 9.17) is 11.5 Å². The summed E-state index contributed by atoms with van der Waals surface area (Å²) in [5, 5.41) is 8.91. The summed E-state index contributed by atoms with van der Waals surface area (Å²) in [6.45, 7) is 0. The Morgan fingerprint density at radius 2 is 2.20 bits per heavy atom. The van der Waals surface area contributed by atoms with E-state index in [1.807, 2.05) is 0 Å². The van der Waals surface area contributed by atoms with Crippen molar-refractivity contribution >= 4 is 0 Å². The number of hydrogen-bond donors (Lipinski definition) is 1. The third-order valence-electron chi connectivity index (χ3n) is 1.12. The molecular weight excluding hydrogens is 131 g/mol. The second kappa shape index (κ2) is 2.40. The van der Waals surface area contributed by atoms with Crippen LogP contribution in [0.25, 0.3) is 0 Å². The molecule has 0 spiro atoms. The standard InChI is InChI=1S/C8H5FO/c1-2-6-3-4-7(9)5-8(6)10/h1,3-5,10H. The molecule has 10 heavy (non-hydrogen) atoms. The van der Waals surface area contributed by atoms with Gasteiger partial charge in [0.1, 0.15) is 11.6 Å². The maximum atomic E-state index is 12.3. The van der Waals surface area contributed by atoms with Crippen molar-refractivity contribution in [2.75, 3.05) is 0 Å². The van der Waals surface area contributed by atoms with E-state index in [1.54, 1.807) is 0 Å². The van der Waals surface area contributed by atoms with Crippen molar-refractivity contribution in [3.8, 4) is 18.1 Å². The normalized spacial score (nSPS) is 8.80. The second-order valence-electron chi connectivity index (χ2n) is 1.81. The molecular formula is C8H5FO. The zero-order valence-corrected chi connectivity index (χ0v) is 5.13. The molecule has 2 heteroatoms. The van der Waals surface area contributed by atoms with Crippen LogP contribution in [0.15, 0.2) is 18.2 Å². The Hall–Kier alpha value is -1.49. The molecule has 0 atom stereocenters. The van der Waals surface area contributed by atoms with Gasteiger partial charge in [0.15, 0.2) is 0 Å². The van der Waals surface area contributed by atoms with Crippen LogP contribution in [0.1, 0.15) is 5.56 Å². The molecule has 0 saturated carbocycles. The van der Waals surface area contributed by atoms with Crippen LogP contribution >= 0.6 is 0 Å². The average Bonchev–Trinajstić information content (AvgIpc) is 1.88. The fraction of sp³-hybridized carbons (Fsp3) is 0. The number of aromatic hydroxyl groups is 1. The van der Waals surface area contributed by atoms with Crippen LogP contribution in [0, 0.1) is 18.2 Å². The Kier molecular flexibility index (Phi) is 1.59. The number of terminal acetylenes is 1. The van der Waals surface area contributed by atoms with E-state index in [9.17, 15) is 4.39 Å². The van der Waals surface area contributed by atoms with Crippen molar-refractivity contribution in [3.05, 3.63) is 29.6 Å². The minimum Gasteiger partial charge on any atom is -0.507 e. The summed E-state index contributed by atoms with van der Waals surface area (Å²) in [6.07, 6.45) is 4.97. The van der Waals surface area contributed by atoms with E-state index < -0.39 is 5.82 Å². The van der Waals surface area contributed by atoms with Crippen molar-refractivity contribution in [1.82, 2.24) is 0 Å². The van der Waals surface area contributed by atoms with Gasteiger partial charge in [0, 0.05) is 6.07 Å². The summed E-state index contributed by atoms with van der Waals surface area (Å²) >= 11 is 0. The number of rotatable bonds is 0. The summed E-state index contributed by atoms with van der Waals surface area (Å²) in [5.41, 5.74) is 0.307. The molecule has 1 aromatic carbocycles. The first-order valence-corrected chi connectivity index (χ1v) is 2.69. The quantitative estimate of drug-likeness (QED) is 0.536. The van der Waals surface area contributed by atoms with Crippen LogP contribution < -0.4 is 0 Å². The molecule has 1 aromatic rings. The molecule has 0 unspecified atom stereocenters. The lowest BCUT2D eigenvalue weighted by Gasteiger charge is -1.94. The first kappa shape index (κ1) is 6.63. The largest absolute Gasteiger partial charge is 0.507 e. The second-order valence-corrected chi connectivity index (χ2v) is 1.81. The summed E-state index contributed by atoms with van der Waals surface area (Å²) in [7, 11) is 0. The Balaban J connectivity index is 3.23. The van der Waals surface area contributed by atoms with Crippen LogP contribution in [0.3, 0.4) is 0 Å². The Labute approximate surface area is 58.1 Å². The van der Waals surface area contributed by atoms with Crippen molar-refractivity contribution in [2.45, 2.75) is 0 Å². The minimum absolute atomic E-state index is 0.192. The highest BCUT2D eigenvalue weighted by Crippen LogP contribution is 2.15. The monoisotopic (exact) mass is 136 g/mol. The van der Waals surface area contributed by atoms with Crippen LogP contribution in [-0.2, 0) is 0 Å². The molecule has 1 nitrogen and oxygen atoms in total. The lowest BCUT2D eigenvalue weighted by atomic mass is 10.2. The topological polar surface area (TPSA) is 20.2 Å². The third-order valence-corrected chi connectivity index (χ3v) is 1.12. The first-order valence-electron chi connectivity index (χ1n) is 2.69. The molecule has 0 aliphatic heterocycles. The molecule has 0 saturated heterocycles. The van der Waals surface area contributed by atoms with Gasteiger partial charge in [-0.3, -0.25) is 0 Å². The van der Waals surface area contributed by atoms with E-state index in [1.165, 1.54) is 12.1 Å². The minimum atomic E-state index is -0.489. The first-order chi connectivity index (χ1) is 4.74. The highest BCUT2D eigenvalue weighted by atomic mass is 19.1. The zero-order valence-electron chi connectivity index (χ0n) is 5.13. The number of hydrogen-bond acceptors (Lipinski definition) is 1. The molecule has 0 amide bonds. The van der Waals surface area contributed by atoms with Crippen LogP contribution in [-0.4, -0.2) is 5.11 Å². The molecule has 1 N–H and O–H groups in total. The predicted molar refractivity (Wildman–Crippen MR) is 36.0 cm³/mol. The smallest absolute Gasteiger partial charge is 0.134 e. The fourth-order valence-corrected chi connectivity index (χ4v) is 0.627. The van der Waals surface area contributed by atoms with Crippen molar-refractivity contribution in [3.63, 3.8) is 0 Å². The summed E-state index contributed by atoms with van der Waals surface area (Å²) in [5.74, 6) is 1.52. The number of halogens is 1. The molecule has 0 aliphatic carbocycles. The zero-order chi connectivity index (χ0) is 7.56. The third kappa shape index (κ3) is 1.08. The summed E-state index contributed by atoms with van der Waals surface area (Å²) in [4.78, 5) is 0. The van der Waals surface area contributed by atoms with Gasteiger partial charge in [-0.05, 0) is 12.1 Å². The van der Waals surface area contributed by atoms with E-state index in [0.717, 1.165) is 6.07 Å². The van der Waals surface area contributed by atoms with Gasteiger partial charge >= 0.3 is 0 Å². The van der Waals surface area contributed by atoms with E-state index >= 15 is 0 Å². The van der Waals surface area contributed by atoms with Crippen molar-refractivity contribution < 1.29 is 9.50 Å². The molecule has 0 bridgehead atoms. The summed E-state index contributed by atoms with van der Waals surface area (Å²) in [6, 6.07) is 3.54. The molecule has 0 aromatic heterocycles. The average molecular weight is 136 g/mol. The highest BCUT2D eigenvalue weighted by molar-refractivity contribution is 5.43. The fourth-order valence-electron chi connectivity index (χ4n) is 0.627. The van der Waals surface area contributed by atoms with Gasteiger partial charge in [0.05, 0.1) is 5.56 Å². The lowest BCUT2D eigenvalue weighted by Crippen LogP contribution is -1.77. The van der Waals surface area contributed by atoms with Crippen molar-refractivity contribution in [1.29, 1.82) is 0 Å². The maximum absolute atomic E-state index is 12.3. The Morgan fingerprint density at radius 1 is 1.50 bits per heavy atom. The van der Waals surface area contributed by atoms with Gasteiger partial charge in [-0.2, -0.15) is 0 Å². The number of phenols is 1. The van der Waals surface area contributed by atoms with Crippen LogP contribution in [0.5, 0.6) is 5.75 Å². The molecule has 0 radical (unpaired) electrons. The maximum Gasteiger partial charge on any atom is 0.134 e. The molecule has 1 rings (SSSR count). The van der Waals surface area contributed by atoms with E-state index in [-0.39, 0.29) is 5.75 Å². The van der Waals surface area contributed by atoms with E-state index in [0.29, 0.717) is 5.56 Å². The van der Waals surface area contributed by atoms with Crippen molar-refractivity contribution in [2.24, 2.45) is 0 Å². The lowest BCUT2D eigenvalue weighted by molar-refractivity contribution is 0.467. The van der Waals surface area contributed by atoms with Gasteiger partial charge in [0.25, 0.3) is 0 Å². The Bertz CT molecular complexity index is 286. The highest BCUT2D eigenvalue weighted by Gasteiger charge is 1.97. The molecule has 0 heterocycles. The van der Waals surface area contributed by atoms with Crippen LogP contribution in [0.4, 0.5) is 4.39 Å². The molecule has 50 valence electrons. The van der Waals surface area contributed by atoms with Gasteiger partial charge in [0.2, 0.25) is 0 Å². The van der Waals surface area contributed by atoms with Gasteiger partial charge in [-0.1, -0.05) is 5.92 Å². The molecule has 0 aliphatic rings. The predicted octanol–water partition coefficient (Wildman–Crippen LogP) is 1.51. The van der Waals surface area contributed by atoms with Gasteiger partial charge in [-0.25, -0.2) is 4.39 Å². The van der Waals surface area contributed by atoms with E-state index in [2.05, 4.69) is 5.92 Å². The molecule has 0 fully saturated rings. The summed E-state index contributed by atoms with van der Waals surface area (Å²) < 4.78 is 12.3. The van der Waals surface area contributed by atoms with Gasteiger partial charge < -0.3 is 5.11 Å². The Morgan fingerprint density at radius 3 is 2.70 bits per heavy atom. The van der Waals surface area contributed by atoms with Gasteiger partial charge in [-0.15, -0.1) is 6.42 Å². The number of benzene rings is 1. The number of phenolic OH excluding ortho intramolecular Hbond substituents is 1.